The number of hydrogen-bond acceptors (Lipinski definition) is 6. The van der Waals surface area contributed by atoms with E-state index in [-0.39, 0.29) is 5.04 Å². The van der Waals surface area contributed by atoms with Crippen LogP contribution in [0.5, 0.6) is 5.75 Å². The van der Waals surface area contributed by atoms with Gasteiger partial charge in [-0.1, -0.05) is 71.0 Å². The Labute approximate surface area is 246 Å². The number of epoxide rings is 1. The fraction of sp³-hybridized carbons (Fsp3) is 0.594. The zero-order valence-corrected chi connectivity index (χ0v) is 27.7. The average Bonchev–Trinajstić information content (AvgIpc) is 3.57. The molecule has 4 bridgehead atoms. The molecule has 0 aromatic heterocycles. The molecule has 41 heavy (non-hydrogen) atoms. The summed E-state index contributed by atoms with van der Waals surface area (Å²) in [6.45, 7) is 19.8. The highest BCUT2D eigenvalue weighted by atomic mass is 28.4. The first-order valence-corrected chi connectivity index (χ1v) is 21.1. The summed E-state index contributed by atoms with van der Waals surface area (Å²) in [5.41, 5.74) is -0.871. The Kier molecular flexibility index (Phi) is 7.12. The molecule has 1 saturated heterocycles. The van der Waals surface area contributed by atoms with Crippen molar-refractivity contribution in [2.75, 3.05) is 11.5 Å². The summed E-state index contributed by atoms with van der Waals surface area (Å²) in [5.74, 6) is 11.9. The molecule has 1 aromatic rings. The van der Waals surface area contributed by atoms with Gasteiger partial charge in [-0.15, -0.1) is 0 Å². The van der Waals surface area contributed by atoms with Crippen LogP contribution in [0.4, 0.5) is 10.5 Å². The maximum absolute atomic E-state index is 13.9. The van der Waals surface area contributed by atoms with Crippen molar-refractivity contribution in [1.82, 2.24) is 0 Å². The van der Waals surface area contributed by atoms with Crippen molar-refractivity contribution in [3.63, 3.8) is 0 Å². The van der Waals surface area contributed by atoms with Gasteiger partial charge in [-0.25, -0.2) is 4.79 Å². The van der Waals surface area contributed by atoms with Crippen LogP contribution in [0.2, 0.25) is 43.8 Å². The molecule has 2 aliphatic carbocycles. The van der Waals surface area contributed by atoms with E-state index in [0.717, 1.165) is 6.04 Å². The third-order valence-corrected chi connectivity index (χ3v) is 15.7. The van der Waals surface area contributed by atoms with Gasteiger partial charge in [-0.2, -0.15) is 0 Å². The minimum absolute atomic E-state index is 0.0229. The van der Waals surface area contributed by atoms with Gasteiger partial charge in [-0.05, 0) is 54.5 Å². The number of aliphatic hydroxyl groups excluding tert-OH is 2. The summed E-state index contributed by atoms with van der Waals surface area (Å²) in [6.07, 6.45) is 0.498. The van der Waals surface area contributed by atoms with E-state index in [2.05, 4.69) is 77.2 Å². The Morgan fingerprint density at radius 2 is 1.73 bits per heavy atom. The van der Waals surface area contributed by atoms with Gasteiger partial charge in [0.05, 0.1) is 30.4 Å². The highest BCUT2D eigenvalue weighted by molar-refractivity contribution is 6.76. The number of benzene rings is 1. The van der Waals surface area contributed by atoms with E-state index in [1.165, 1.54) is 0 Å². The number of aliphatic hydroxyl groups is 2. The molecular weight excluding hydrogens is 551 g/mol. The van der Waals surface area contributed by atoms with Gasteiger partial charge >= 0.3 is 6.09 Å². The van der Waals surface area contributed by atoms with Crippen molar-refractivity contribution < 1.29 is 28.9 Å². The number of nitrogens with zero attached hydrogens (tertiary/aromatic N) is 1. The fourth-order valence-electron chi connectivity index (χ4n) is 6.20. The van der Waals surface area contributed by atoms with Crippen LogP contribution < -0.4 is 9.33 Å². The summed E-state index contributed by atoms with van der Waals surface area (Å²) >= 11 is 0. The van der Waals surface area contributed by atoms with Crippen LogP contribution in [0.25, 0.3) is 0 Å². The lowest BCUT2D eigenvalue weighted by atomic mass is 9.58. The minimum Gasteiger partial charge on any atom is -0.543 e. The molecule has 1 saturated carbocycles. The number of rotatable bonds is 5. The van der Waals surface area contributed by atoms with E-state index < -0.39 is 63.8 Å². The SMILES string of the molecule is C[C@H]1[C@H](O)[C@H](O)[C@H]2C#C/C=C\C#C[C@@H]3N(C(=O)OCC[Si](C)(C)C)c4ccc(O[Si](C)(C)C(C)(C)C)cc4[C@]24O[C@]314. The molecule has 9 heteroatoms. The van der Waals surface area contributed by atoms with E-state index in [4.69, 9.17) is 13.9 Å². The van der Waals surface area contributed by atoms with Crippen LogP contribution in [-0.4, -0.2) is 63.2 Å². The van der Waals surface area contributed by atoms with Gasteiger partial charge in [0, 0.05) is 19.6 Å². The third kappa shape index (κ3) is 4.58. The van der Waals surface area contributed by atoms with Crippen LogP contribution >= 0.6 is 0 Å². The average molecular weight is 594 g/mol. The molecule has 7 nitrogen and oxygen atoms in total. The molecule has 1 aromatic carbocycles. The molecule has 220 valence electrons. The maximum atomic E-state index is 13.9. The summed E-state index contributed by atoms with van der Waals surface area (Å²) in [6, 6.07) is 5.79. The fourth-order valence-corrected chi connectivity index (χ4v) is 7.93. The molecule has 4 aliphatic rings. The Morgan fingerprint density at radius 1 is 1.07 bits per heavy atom. The van der Waals surface area contributed by atoms with Gasteiger partial charge < -0.3 is 24.1 Å². The number of fused-ring (bicyclic) bond motifs is 1. The van der Waals surface area contributed by atoms with Crippen LogP contribution in [0.15, 0.2) is 30.4 Å². The molecule has 1 amide bonds. The predicted molar refractivity (Wildman–Crippen MR) is 165 cm³/mol. The first kappa shape index (κ1) is 29.9. The molecule has 2 N–H and O–H groups in total. The molecule has 0 radical (unpaired) electrons. The highest BCUT2D eigenvalue weighted by Gasteiger charge is 2.87. The summed E-state index contributed by atoms with van der Waals surface area (Å²) < 4.78 is 19.4. The Bertz CT molecular complexity index is 1400. The lowest BCUT2D eigenvalue weighted by Crippen LogP contribution is -2.65. The largest absolute Gasteiger partial charge is 0.543 e. The molecule has 7 atom stereocenters. The molecule has 2 fully saturated rings. The van der Waals surface area contributed by atoms with Gasteiger partial charge in [0.15, 0.2) is 0 Å². The number of hydrogen-bond donors (Lipinski definition) is 2. The first-order chi connectivity index (χ1) is 19.0. The molecule has 0 unspecified atom stereocenters. The second-order valence-corrected chi connectivity index (χ2v) is 24.9. The number of ether oxygens (including phenoxy) is 2. The standard InChI is InChI=1S/C32H43NO6Si2/c1-21-27(34)28(35)23-14-12-10-11-13-15-26-31(21)32(23,39-31)24-20-22(38-41(8,9)30(2,3)4)16-17-25(24)33(26)29(36)37-18-19-40(5,6)7/h10-11,16-17,20-21,23,26-28,34-35H,18-19H2,1-9H3/b11-10-/t21-,23+,26-,27-,28+,31-,32+/m0/s1. The third-order valence-electron chi connectivity index (χ3n) is 9.64. The zero-order valence-electron chi connectivity index (χ0n) is 25.7. The van der Waals surface area contributed by atoms with Crippen molar-refractivity contribution in [2.45, 2.75) is 101 Å². The van der Waals surface area contributed by atoms with E-state index >= 15 is 0 Å². The van der Waals surface area contributed by atoms with Crippen molar-refractivity contribution in [3.8, 4) is 29.4 Å². The van der Waals surface area contributed by atoms with E-state index in [9.17, 15) is 15.0 Å². The molecular formula is C32H43NO6Si2. The zero-order chi connectivity index (χ0) is 30.2. The smallest absolute Gasteiger partial charge is 0.415 e. The molecule has 2 aliphatic heterocycles. The van der Waals surface area contributed by atoms with Crippen LogP contribution in [0.1, 0.15) is 33.3 Å². The van der Waals surface area contributed by atoms with Crippen LogP contribution in [-0.2, 0) is 15.1 Å². The van der Waals surface area contributed by atoms with Crippen molar-refractivity contribution in [1.29, 1.82) is 0 Å². The Morgan fingerprint density at radius 3 is 2.37 bits per heavy atom. The van der Waals surface area contributed by atoms with Crippen LogP contribution in [0, 0.1) is 35.5 Å². The van der Waals surface area contributed by atoms with Gasteiger partial charge in [0.25, 0.3) is 0 Å². The number of amides is 1. The number of anilines is 1. The van der Waals surface area contributed by atoms with Crippen LogP contribution in [0.3, 0.4) is 0 Å². The lowest BCUT2D eigenvalue weighted by molar-refractivity contribution is -0.0769. The summed E-state index contributed by atoms with van der Waals surface area (Å²) in [5, 5.41) is 22.6. The first-order valence-electron chi connectivity index (χ1n) is 14.5. The van der Waals surface area contributed by atoms with Gasteiger partial charge in [0.2, 0.25) is 8.32 Å². The second-order valence-electron chi connectivity index (χ2n) is 14.5. The topological polar surface area (TPSA) is 91.8 Å². The minimum atomic E-state index is -2.20. The predicted octanol–water partition coefficient (Wildman–Crippen LogP) is 5.26. The summed E-state index contributed by atoms with van der Waals surface area (Å²) in [4.78, 5) is 15.5. The van der Waals surface area contributed by atoms with Crippen molar-refractivity contribution in [2.24, 2.45) is 11.8 Å². The molecule has 0 spiro atoms. The van der Waals surface area contributed by atoms with Gasteiger partial charge in [-0.3, -0.25) is 4.90 Å². The maximum Gasteiger partial charge on any atom is 0.415 e. The Balaban J connectivity index is 1.70. The Hall–Kier alpha value is -2.54. The molecule has 2 heterocycles. The highest BCUT2D eigenvalue weighted by Crippen LogP contribution is 2.73. The normalized spacial score (nSPS) is 34.0. The molecule has 5 rings (SSSR count). The summed E-state index contributed by atoms with van der Waals surface area (Å²) in [7, 11) is -3.64. The quantitative estimate of drug-likeness (QED) is 0.275. The number of allylic oxidation sites excluding steroid dienone is 2. The second kappa shape index (κ2) is 9.75. The van der Waals surface area contributed by atoms with E-state index in [0.29, 0.717) is 23.6 Å². The van der Waals surface area contributed by atoms with Gasteiger partial charge in [0.1, 0.15) is 23.0 Å². The monoisotopic (exact) mass is 593 g/mol. The number of carbonyl (C=O) groups excluding carboxylic acids is 1. The lowest BCUT2D eigenvalue weighted by Gasteiger charge is -2.49. The number of carbonyl (C=O) groups is 1. The van der Waals surface area contributed by atoms with E-state index in [1.807, 2.05) is 25.1 Å². The van der Waals surface area contributed by atoms with Crippen molar-refractivity contribution in [3.05, 3.63) is 35.9 Å². The van der Waals surface area contributed by atoms with E-state index in [1.54, 1.807) is 17.1 Å². The van der Waals surface area contributed by atoms with Crippen molar-refractivity contribution >= 4 is 28.2 Å².